The van der Waals surface area contributed by atoms with E-state index in [2.05, 4.69) is 91.1 Å². The van der Waals surface area contributed by atoms with Crippen LogP contribution in [0, 0.1) is 76.0 Å². The monoisotopic (exact) mass is 1570 g/mol. The summed E-state index contributed by atoms with van der Waals surface area (Å²) in [6.07, 6.45) is 9.36. The number of nitriles is 4. The summed E-state index contributed by atoms with van der Waals surface area (Å²) in [5, 5.41) is 127. The number of hydrogen-bond donors (Lipinski definition) is 0. The summed E-state index contributed by atoms with van der Waals surface area (Å²) in [5.41, 5.74) is -2.54. The van der Waals surface area contributed by atoms with Crippen molar-refractivity contribution in [3.05, 3.63) is 138 Å². The Morgan fingerprint density at radius 2 is 0.562 bits per heavy atom. The van der Waals surface area contributed by atoms with Crippen LogP contribution in [0.25, 0.3) is 0 Å². The molecular weight excluding hydrogens is 1480 g/mol. The summed E-state index contributed by atoms with van der Waals surface area (Å²) in [4.78, 5) is 50.7. The number of hydrogen-bond acceptors (Lipinski definition) is 26. The van der Waals surface area contributed by atoms with E-state index in [1.807, 2.05) is 166 Å². The molecule has 0 fully saturated rings. The minimum Gasteiger partial charge on any atom is -0.757 e. The molecule has 0 aliphatic carbocycles. The maximum Gasteiger partial charge on any atom is 3.00 e. The van der Waals surface area contributed by atoms with E-state index in [1.165, 1.54) is 27.7 Å². The SMILES string of the molecule is CC#N.CC#N.CC#N.CC#N.CC1(C)N=C(c2cc[n-]n2)[N+](=O)C1(C)C.CC1(C)N=C(c2ccn[n-]2)N([O-])C1(C)C.CC1(C)N=C(c2ccn[n-]2)N([O-])C1(C)C.CC1(C)N=C(c2ccn[n-]2)N([O-])C1(C)C.CC1(C)N=C(c2ccn[n-]2)N([O-])C1(C)C.CC1(C)N=C(c2ccn[n-]2)[N+](=O)C1(C)C.[Ni+2].[Ni+3].[Ni+3]. The molecule has 12 heterocycles. The van der Waals surface area contributed by atoms with E-state index < -0.39 is 66.5 Å². The maximum atomic E-state index is 12.1. The van der Waals surface area contributed by atoms with Crippen molar-refractivity contribution in [3.63, 3.8) is 0 Å². The molecule has 105 heavy (non-hydrogen) atoms. The second-order valence-corrected chi connectivity index (χ2v) is 29.5. The normalized spacial score (nSPS) is 20.0. The molecule has 6 aliphatic heterocycles. The van der Waals surface area contributed by atoms with Crippen molar-refractivity contribution in [2.45, 2.75) is 260 Å². The van der Waals surface area contributed by atoms with Crippen LogP contribution >= 0.6 is 0 Å². The Morgan fingerprint density at radius 3 is 0.714 bits per heavy atom. The van der Waals surface area contributed by atoms with E-state index in [9.17, 15) is 30.6 Å². The van der Waals surface area contributed by atoms with Crippen molar-refractivity contribution < 1.29 is 59.0 Å². The van der Waals surface area contributed by atoms with Gasteiger partial charge in [0.05, 0.1) is 69.8 Å². The molecule has 6 aromatic rings. The average molecular weight is 1580 g/mol. The molecule has 0 bridgehead atoms. The Balaban J connectivity index is 0.00000119. The third-order valence-electron chi connectivity index (χ3n) is 19.7. The zero-order valence-corrected chi connectivity index (χ0v) is 67.8. The molecular formula is C68H96N28Ni3O6. The van der Waals surface area contributed by atoms with Crippen molar-refractivity contribution >= 4 is 35.0 Å². The van der Waals surface area contributed by atoms with Gasteiger partial charge in [0.25, 0.3) is 0 Å². The largest absolute Gasteiger partial charge is 3.00 e. The van der Waals surface area contributed by atoms with Crippen LogP contribution in [-0.4, -0.2) is 162 Å². The van der Waals surface area contributed by atoms with Gasteiger partial charge in [-0.15, -0.1) is 0 Å². The standard InChI is InChI=1S/6C10H14N4O.4C2H3N.3Ni/c6*1-9(2)10(3,4)14(15)8(12-9)7-5-6-11-13-7;4*1-2-3;;;/h6*5-6H,1-4H3;4*1H3;;;/q;;4*-2;;;;;+2;2*+3. The van der Waals surface area contributed by atoms with Crippen LogP contribution in [0.1, 0.15) is 228 Å². The van der Waals surface area contributed by atoms with Crippen molar-refractivity contribution in [1.82, 2.24) is 81.4 Å². The molecule has 0 amide bonds. The second-order valence-electron chi connectivity index (χ2n) is 29.5. The van der Waals surface area contributed by atoms with Crippen molar-refractivity contribution in [2.24, 2.45) is 30.0 Å². The fourth-order valence-electron chi connectivity index (χ4n) is 8.84. The van der Waals surface area contributed by atoms with E-state index in [1.54, 1.807) is 97.9 Å². The van der Waals surface area contributed by atoms with Crippen LogP contribution in [0.4, 0.5) is 0 Å². The topological polar surface area (TPSA) is 477 Å². The van der Waals surface area contributed by atoms with Gasteiger partial charge < -0.3 is 102 Å². The smallest absolute Gasteiger partial charge is 0.757 e. The number of nitroso groups, excluding NO2 is 2. The van der Waals surface area contributed by atoms with Gasteiger partial charge in [-0.25, -0.2) is 0 Å². The summed E-state index contributed by atoms with van der Waals surface area (Å²) in [5.74, 6) is 2.26. The third kappa shape index (κ3) is 20.3. The van der Waals surface area contributed by atoms with Gasteiger partial charge in [-0.2, -0.15) is 27.2 Å². The molecule has 34 nitrogen and oxygen atoms in total. The third-order valence-corrected chi connectivity index (χ3v) is 19.7. The van der Waals surface area contributed by atoms with Gasteiger partial charge in [0, 0.05) is 80.8 Å². The number of hydroxylamine groups is 8. The molecule has 0 spiro atoms. The minimum atomic E-state index is -0.554. The molecule has 2 radical (unpaired) electrons. The molecule has 0 atom stereocenters. The first-order valence-electron chi connectivity index (χ1n) is 32.2. The van der Waals surface area contributed by atoms with Crippen LogP contribution in [0.3, 0.4) is 0 Å². The number of aliphatic imine (C=N–C) groups is 6. The second kappa shape index (κ2) is 36.8. The summed E-state index contributed by atoms with van der Waals surface area (Å²) in [6, 6.07) is 17.2. The summed E-state index contributed by atoms with van der Waals surface area (Å²) < 4.78 is 1.86. The van der Waals surface area contributed by atoms with Crippen molar-refractivity contribution in [2.75, 3.05) is 0 Å². The maximum absolute atomic E-state index is 12.1. The minimum absolute atomic E-state index is 0. The summed E-state index contributed by atoms with van der Waals surface area (Å²) in [6.45, 7) is 51.7. The zero-order chi connectivity index (χ0) is 78.4. The van der Waals surface area contributed by atoms with E-state index in [4.69, 9.17) is 21.0 Å². The van der Waals surface area contributed by atoms with Crippen LogP contribution in [-0.2, 0) is 49.5 Å². The molecule has 0 saturated heterocycles. The molecule has 574 valence electrons. The van der Waals surface area contributed by atoms with Gasteiger partial charge in [0.2, 0.25) is 0 Å². The van der Waals surface area contributed by atoms with Gasteiger partial charge >= 0.3 is 61.1 Å². The Labute approximate surface area is 645 Å². The number of amidine groups is 6. The fourth-order valence-corrected chi connectivity index (χ4v) is 8.84. The molecule has 6 aliphatic rings. The van der Waals surface area contributed by atoms with Crippen LogP contribution in [0.5, 0.6) is 0 Å². The molecule has 0 unspecified atom stereocenters. The van der Waals surface area contributed by atoms with Gasteiger partial charge in [-0.05, 0) is 181 Å². The number of nitrogens with zero attached hydrogens (tertiary/aromatic N) is 28. The molecule has 0 aromatic carbocycles. The van der Waals surface area contributed by atoms with E-state index in [0.717, 1.165) is 29.8 Å². The zero-order valence-electron chi connectivity index (χ0n) is 64.8. The van der Waals surface area contributed by atoms with Gasteiger partial charge in [-0.3, -0.25) is 20.0 Å². The van der Waals surface area contributed by atoms with E-state index >= 15 is 0 Å². The molecule has 0 N–H and O–H groups in total. The molecule has 12 rings (SSSR count). The Hall–Kier alpha value is -9.04. The predicted octanol–water partition coefficient (Wildman–Crippen LogP) is 9.01. The fraction of sp³-hybridized carbons (Fsp3) is 0.588. The van der Waals surface area contributed by atoms with Gasteiger partial charge in [0.1, 0.15) is 5.69 Å². The first-order valence-corrected chi connectivity index (χ1v) is 32.2. The first-order chi connectivity index (χ1) is 46.8. The van der Waals surface area contributed by atoms with E-state index in [-0.39, 0.29) is 49.5 Å². The number of rotatable bonds is 6. The Morgan fingerprint density at radius 1 is 0.352 bits per heavy atom. The van der Waals surface area contributed by atoms with Gasteiger partial charge in [0.15, 0.2) is 22.2 Å². The first kappa shape index (κ1) is 96.0. The number of aromatic nitrogens is 12. The van der Waals surface area contributed by atoms with Crippen LogP contribution < -0.4 is 30.6 Å². The Kier molecular flexibility index (Phi) is 33.6. The van der Waals surface area contributed by atoms with Crippen LogP contribution in [0.15, 0.2) is 104 Å². The molecule has 37 heteroatoms. The van der Waals surface area contributed by atoms with E-state index in [0.29, 0.717) is 69.2 Å². The molecule has 6 aromatic heterocycles. The molecule has 0 saturated carbocycles. The van der Waals surface area contributed by atoms with Crippen molar-refractivity contribution in [1.29, 1.82) is 21.0 Å². The predicted molar refractivity (Wildman–Crippen MR) is 387 cm³/mol. The summed E-state index contributed by atoms with van der Waals surface area (Å²) in [7, 11) is 0. The van der Waals surface area contributed by atoms with Gasteiger partial charge in [-0.1, -0.05) is 79.0 Å². The van der Waals surface area contributed by atoms with Crippen molar-refractivity contribution in [3.8, 4) is 24.3 Å². The quantitative estimate of drug-likeness (QED) is 0.111. The summed E-state index contributed by atoms with van der Waals surface area (Å²) >= 11 is 0. The Bertz CT molecular complexity index is 3670. The van der Waals surface area contributed by atoms with Crippen LogP contribution in [0.2, 0.25) is 0 Å². The average Bonchev–Trinajstić information content (AvgIpc) is 1.65.